The first-order valence-electron chi connectivity index (χ1n) is 14.8. The van der Waals surface area contributed by atoms with Crippen molar-refractivity contribution in [2.45, 2.75) is 64.0 Å². The molecule has 0 unspecified atom stereocenters. The van der Waals surface area contributed by atoms with Gasteiger partial charge in [0, 0.05) is 30.5 Å². The molecule has 4 aromatic rings. The quantitative estimate of drug-likeness (QED) is 0.222. The highest BCUT2D eigenvalue weighted by Crippen LogP contribution is 2.42. The second-order valence-electron chi connectivity index (χ2n) is 12.0. The number of aromatic nitrogens is 3. The van der Waals surface area contributed by atoms with Crippen molar-refractivity contribution in [1.29, 1.82) is 0 Å². The molecule has 3 N–H and O–H groups in total. The summed E-state index contributed by atoms with van der Waals surface area (Å²) in [7, 11) is 0. The molecule has 2 fully saturated rings. The molecule has 0 saturated carbocycles. The molecular weight excluding hydrogens is 568 g/mol. The second kappa shape index (κ2) is 11.7. The Hall–Kier alpha value is -4.27. The predicted octanol–water partition coefficient (Wildman–Crippen LogP) is 5.21. The SMILES string of the molecule is C#Cc1c(F)ccc2cc(O)cc(-c3cc4nc(OC[C@@]56CCCN5C[C@H](F)C6)nc(NC[C@H](C)O)c4c(OC(C)C)n3)c12. The first-order valence-corrected chi connectivity index (χ1v) is 14.8. The fourth-order valence-electron chi connectivity index (χ4n) is 6.40. The molecule has 9 nitrogen and oxygen atoms in total. The summed E-state index contributed by atoms with van der Waals surface area (Å²) < 4.78 is 41.6. The topological polar surface area (TPSA) is 113 Å². The molecule has 2 aliphatic rings. The van der Waals surface area contributed by atoms with Crippen LogP contribution in [0, 0.1) is 18.2 Å². The van der Waals surface area contributed by atoms with E-state index in [9.17, 15) is 19.0 Å². The minimum absolute atomic E-state index is 0.0415. The largest absolute Gasteiger partial charge is 0.508 e. The number of phenols is 1. The Morgan fingerprint density at radius 3 is 2.75 bits per heavy atom. The Bertz CT molecular complexity index is 1780. The number of rotatable bonds is 9. The zero-order chi connectivity index (χ0) is 31.2. The summed E-state index contributed by atoms with van der Waals surface area (Å²) in [5, 5.41) is 25.2. The van der Waals surface area contributed by atoms with Gasteiger partial charge in [-0.3, -0.25) is 4.90 Å². The minimum Gasteiger partial charge on any atom is -0.508 e. The molecule has 6 rings (SSSR count). The highest BCUT2D eigenvalue weighted by Gasteiger charge is 2.49. The van der Waals surface area contributed by atoms with Gasteiger partial charge in [0.1, 0.15) is 35.5 Å². The van der Waals surface area contributed by atoms with Crippen molar-refractivity contribution in [3.63, 3.8) is 0 Å². The van der Waals surface area contributed by atoms with Crippen LogP contribution in [-0.2, 0) is 0 Å². The van der Waals surface area contributed by atoms with Crippen LogP contribution < -0.4 is 14.8 Å². The lowest BCUT2D eigenvalue weighted by molar-refractivity contribution is 0.107. The number of halogens is 2. The lowest BCUT2D eigenvalue weighted by Crippen LogP contribution is -2.43. The normalized spacial score (nSPS) is 20.6. The number of hydrogen-bond acceptors (Lipinski definition) is 9. The van der Waals surface area contributed by atoms with E-state index in [1.165, 1.54) is 18.2 Å². The van der Waals surface area contributed by atoms with E-state index in [0.29, 0.717) is 51.7 Å². The molecule has 3 atom stereocenters. The monoisotopic (exact) mass is 603 g/mol. The van der Waals surface area contributed by atoms with Gasteiger partial charge < -0.3 is 25.0 Å². The van der Waals surface area contributed by atoms with Gasteiger partial charge in [0.25, 0.3) is 0 Å². The third kappa shape index (κ3) is 5.55. The highest BCUT2D eigenvalue weighted by molar-refractivity contribution is 6.03. The number of phenolic OH excluding ortho intramolecular Hbond substituents is 1. The average molecular weight is 604 g/mol. The van der Waals surface area contributed by atoms with Gasteiger partial charge in [-0.2, -0.15) is 9.97 Å². The number of nitrogens with one attached hydrogen (secondary N) is 1. The van der Waals surface area contributed by atoms with E-state index in [4.69, 9.17) is 25.9 Å². The van der Waals surface area contributed by atoms with Gasteiger partial charge in [0.05, 0.1) is 34.5 Å². The van der Waals surface area contributed by atoms with E-state index in [2.05, 4.69) is 21.1 Å². The zero-order valence-corrected chi connectivity index (χ0v) is 24.9. The molecule has 2 aromatic heterocycles. The Labute approximate surface area is 254 Å². The van der Waals surface area contributed by atoms with Crippen molar-refractivity contribution in [3.05, 3.63) is 41.7 Å². The maximum atomic E-state index is 14.9. The maximum absolute atomic E-state index is 14.9. The smallest absolute Gasteiger partial charge is 0.319 e. The average Bonchev–Trinajstić information content (AvgIpc) is 3.49. The predicted molar refractivity (Wildman–Crippen MR) is 164 cm³/mol. The zero-order valence-electron chi connectivity index (χ0n) is 24.9. The molecule has 44 heavy (non-hydrogen) atoms. The van der Waals surface area contributed by atoms with E-state index in [1.807, 2.05) is 13.8 Å². The van der Waals surface area contributed by atoms with E-state index in [1.54, 1.807) is 19.1 Å². The molecule has 2 saturated heterocycles. The van der Waals surface area contributed by atoms with Crippen molar-refractivity contribution < 1.29 is 28.5 Å². The fourth-order valence-corrected chi connectivity index (χ4v) is 6.40. The lowest BCUT2D eigenvalue weighted by Gasteiger charge is -2.30. The summed E-state index contributed by atoms with van der Waals surface area (Å²) in [5.41, 5.74) is 0.757. The van der Waals surface area contributed by atoms with Gasteiger partial charge >= 0.3 is 6.01 Å². The number of terminal acetylenes is 1. The summed E-state index contributed by atoms with van der Waals surface area (Å²) in [6, 6.07) is 7.54. The Morgan fingerprint density at radius 1 is 1.18 bits per heavy atom. The lowest BCUT2D eigenvalue weighted by atomic mass is 9.95. The molecule has 0 aliphatic carbocycles. The number of nitrogens with zero attached hydrogens (tertiary/aromatic N) is 4. The third-order valence-corrected chi connectivity index (χ3v) is 8.24. The minimum atomic E-state index is -0.904. The standard InChI is InChI=1S/C33H35F2N5O4/c1-5-23-25(35)8-7-20-11-22(42)12-24(28(20)23)26-13-27-29(31(37-26)44-18(2)3)30(36-15-19(4)41)39-32(38-27)43-17-33-9-6-10-40(33)16-21(34)14-33/h1,7-8,11-13,18-19,21,41-42H,6,9-10,14-17H2,2-4H3,(H,36,38,39)/t19-,21+,33-/m0/s1. The number of hydrogen-bond donors (Lipinski definition) is 3. The second-order valence-corrected chi connectivity index (χ2v) is 12.0. The summed E-state index contributed by atoms with van der Waals surface area (Å²) in [6.45, 7) is 6.97. The van der Waals surface area contributed by atoms with Gasteiger partial charge in [-0.1, -0.05) is 12.0 Å². The first kappa shape index (κ1) is 29.8. The number of fused-ring (bicyclic) bond motifs is 3. The van der Waals surface area contributed by atoms with Gasteiger partial charge in [-0.25, -0.2) is 13.8 Å². The fraction of sp³-hybridized carbons (Fsp3) is 0.424. The van der Waals surface area contributed by atoms with Crippen LogP contribution in [0.25, 0.3) is 32.9 Å². The number of aliphatic hydroxyl groups is 1. The molecule has 0 amide bonds. The van der Waals surface area contributed by atoms with Crippen molar-refractivity contribution >= 4 is 27.5 Å². The van der Waals surface area contributed by atoms with Crippen molar-refractivity contribution in [1.82, 2.24) is 19.9 Å². The Balaban J connectivity index is 1.53. The van der Waals surface area contributed by atoms with Crippen LogP contribution in [0.15, 0.2) is 30.3 Å². The van der Waals surface area contributed by atoms with E-state index < -0.39 is 23.6 Å². The Morgan fingerprint density at radius 2 is 2.00 bits per heavy atom. The number of aliphatic hydroxyl groups excluding tert-OH is 1. The van der Waals surface area contributed by atoms with Gasteiger partial charge in [-0.05, 0) is 69.8 Å². The molecule has 2 aromatic carbocycles. The number of ether oxygens (including phenoxy) is 2. The highest BCUT2D eigenvalue weighted by atomic mass is 19.1. The van der Waals surface area contributed by atoms with Gasteiger partial charge in [0.15, 0.2) is 0 Å². The first-order chi connectivity index (χ1) is 21.1. The molecule has 230 valence electrons. The van der Waals surface area contributed by atoms with Crippen molar-refractivity contribution in [3.8, 4) is 41.2 Å². The molecule has 0 bridgehead atoms. The molecule has 2 aliphatic heterocycles. The van der Waals surface area contributed by atoms with Crippen LogP contribution in [0.4, 0.5) is 14.6 Å². The van der Waals surface area contributed by atoms with Crippen molar-refractivity contribution in [2.75, 3.05) is 31.6 Å². The summed E-state index contributed by atoms with van der Waals surface area (Å²) in [6.07, 6.45) is 6.04. The van der Waals surface area contributed by atoms with Gasteiger partial charge in [0.2, 0.25) is 5.88 Å². The van der Waals surface area contributed by atoms with Crippen LogP contribution >= 0.6 is 0 Å². The molecule has 4 heterocycles. The summed E-state index contributed by atoms with van der Waals surface area (Å²) in [5.74, 6) is 2.35. The molecule has 0 spiro atoms. The summed E-state index contributed by atoms with van der Waals surface area (Å²) in [4.78, 5) is 16.3. The van der Waals surface area contributed by atoms with E-state index in [-0.39, 0.29) is 42.5 Å². The van der Waals surface area contributed by atoms with Crippen molar-refractivity contribution in [2.24, 2.45) is 0 Å². The molecule has 11 heteroatoms. The number of anilines is 1. The van der Waals surface area contributed by atoms with Gasteiger partial charge in [-0.15, -0.1) is 6.42 Å². The van der Waals surface area contributed by atoms with Crippen LogP contribution in [0.1, 0.15) is 45.6 Å². The third-order valence-electron chi connectivity index (χ3n) is 8.24. The summed E-state index contributed by atoms with van der Waals surface area (Å²) >= 11 is 0. The molecular formula is C33H35F2N5O4. The molecule has 0 radical (unpaired) electrons. The Kier molecular flexibility index (Phi) is 7.90. The number of benzene rings is 2. The van der Waals surface area contributed by atoms with E-state index >= 15 is 0 Å². The van der Waals surface area contributed by atoms with Crippen LogP contribution in [0.5, 0.6) is 17.6 Å². The van der Waals surface area contributed by atoms with Crippen LogP contribution in [0.3, 0.4) is 0 Å². The van der Waals surface area contributed by atoms with E-state index in [0.717, 1.165) is 19.4 Å². The number of pyridine rings is 1. The number of aromatic hydroxyl groups is 1. The maximum Gasteiger partial charge on any atom is 0.319 e. The van der Waals surface area contributed by atoms with Crippen LogP contribution in [-0.4, -0.2) is 80.2 Å². The number of alkyl halides is 1. The van der Waals surface area contributed by atoms with Crippen LogP contribution in [0.2, 0.25) is 0 Å².